The van der Waals surface area contributed by atoms with Crippen molar-refractivity contribution in [1.82, 2.24) is 5.32 Å². The second kappa shape index (κ2) is 7.31. The molecule has 0 radical (unpaired) electrons. The van der Waals surface area contributed by atoms with Crippen molar-refractivity contribution >= 4 is 5.91 Å². The van der Waals surface area contributed by atoms with Crippen LogP contribution in [0.4, 0.5) is 0 Å². The molecule has 0 bridgehead atoms. The quantitative estimate of drug-likeness (QED) is 0.809. The van der Waals surface area contributed by atoms with Gasteiger partial charge in [-0.3, -0.25) is 4.79 Å². The first-order chi connectivity index (χ1) is 9.82. The van der Waals surface area contributed by atoms with E-state index in [0.717, 1.165) is 12.0 Å². The molecule has 0 saturated carbocycles. The highest BCUT2D eigenvalue weighted by atomic mass is 16.5. The summed E-state index contributed by atoms with van der Waals surface area (Å²) in [6, 6.07) is 5.12. The summed E-state index contributed by atoms with van der Waals surface area (Å²) in [5.74, 6) is 0.803. The molecule has 0 aliphatic heterocycles. The molecular weight excluding hydrogens is 270 g/mol. The number of hydrogen-bond acceptors (Lipinski definition) is 4. The standard InChI is InChI=1S/C16H25NO4/c1-6-16(3,4)17-15(19)11(2)21-13-8-7-12(10-18)9-14(13)20-5/h7-9,11,18H,6,10H2,1-5H3,(H,17,19). The molecule has 0 spiro atoms. The molecule has 1 unspecified atom stereocenters. The van der Waals surface area contributed by atoms with Gasteiger partial charge in [0.1, 0.15) is 0 Å². The molecule has 5 nitrogen and oxygen atoms in total. The maximum Gasteiger partial charge on any atom is 0.261 e. The van der Waals surface area contributed by atoms with Gasteiger partial charge in [0.05, 0.1) is 13.7 Å². The van der Waals surface area contributed by atoms with Gasteiger partial charge < -0.3 is 19.9 Å². The molecule has 118 valence electrons. The molecule has 0 aliphatic rings. The van der Waals surface area contributed by atoms with E-state index in [-0.39, 0.29) is 18.1 Å². The summed E-state index contributed by atoms with van der Waals surface area (Å²) in [5.41, 5.74) is 0.461. The number of nitrogens with one attached hydrogen (secondary N) is 1. The van der Waals surface area contributed by atoms with Crippen LogP contribution >= 0.6 is 0 Å². The molecule has 0 heterocycles. The third kappa shape index (κ3) is 4.93. The average molecular weight is 295 g/mol. The Hall–Kier alpha value is -1.75. The minimum atomic E-state index is -0.635. The van der Waals surface area contributed by atoms with Crippen LogP contribution in [0.2, 0.25) is 0 Å². The smallest absolute Gasteiger partial charge is 0.261 e. The summed E-state index contributed by atoms with van der Waals surface area (Å²) in [6.45, 7) is 7.57. The van der Waals surface area contributed by atoms with Gasteiger partial charge in [0.25, 0.3) is 5.91 Å². The molecule has 1 atom stereocenters. The number of rotatable bonds is 7. The lowest BCUT2D eigenvalue weighted by Gasteiger charge is -2.26. The highest BCUT2D eigenvalue weighted by Crippen LogP contribution is 2.29. The lowest BCUT2D eigenvalue weighted by molar-refractivity contribution is -0.129. The predicted octanol–water partition coefficient (Wildman–Crippen LogP) is 2.26. The van der Waals surface area contributed by atoms with Crippen molar-refractivity contribution in [2.24, 2.45) is 0 Å². The number of methoxy groups -OCH3 is 1. The van der Waals surface area contributed by atoms with Crippen molar-refractivity contribution in [1.29, 1.82) is 0 Å². The molecule has 2 N–H and O–H groups in total. The minimum absolute atomic E-state index is 0.0721. The first-order valence-corrected chi connectivity index (χ1v) is 7.09. The first-order valence-electron chi connectivity index (χ1n) is 7.09. The summed E-state index contributed by atoms with van der Waals surface area (Å²) < 4.78 is 10.9. The Kier molecular flexibility index (Phi) is 6.03. The Morgan fingerprint density at radius 3 is 2.57 bits per heavy atom. The van der Waals surface area contributed by atoms with Gasteiger partial charge >= 0.3 is 0 Å². The van der Waals surface area contributed by atoms with E-state index in [9.17, 15) is 4.79 Å². The predicted molar refractivity (Wildman–Crippen MR) is 81.5 cm³/mol. The van der Waals surface area contributed by atoms with E-state index in [4.69, 9.17) is 14.6 Å². The number of carbonyl (C=O) groups excluding carboxylic acids is 1. The van der Waals surface area contributed by atoms with Crippen LogP contribution in [-0.2, 0) is 11.4 Å². The van der Waals surface area contributed by atoms with Gasteiger partial charge in [-0.2, -0.15) is 0 Å². The van der Waals surface area contributed by atoms with E-state index < -0.39 is 6.10 Å². The first kappa shape index (κ1) is 17.3. The SMILES string of the molecule is CCC(C)(C)NC(=O)C(C)Oc1ccc(CO)cc1OC. The minimum Gasteiger partial charge on any atom is -0.493 e. The lowest BCUT2D eigenvalue weighted by Crippen LogP contribution is -2.48. The summed E-state index contributed by atoms with van der Waals surface area (Å²) in [7, 11) is 1.52. The normalized spacial score (nSPS) is 12.7. The average Bonchev–Trinajstić information content (AvgIpc) is 2.47. The highest BCUT2D eigenvalue weighted by Gasteiger charge is 2.23. The molecule has 0 aliphatic carbocycles. The van der Waals surface area contributed by atoms with E-state index in [1.807, 2.05) is 20.8 Å². The molecule has 21 heavy (non-hydrogen) atoms. The van der Waals surface area contributed by atoms with Crippen LogP contribution in [0.25, 0.3) is 0 Å². The summed E-state index contributed by atoms with van der Waals surface area (Å²) in [4.78, 5) is 12.1. The van der Waals surface area contributed by atoms with Crippen molar-refractivity contribution in [2.45, 2.75) is 52.4 Å². The topological polar surface area (TPSA) is 67.8 Å². The zero-order valence-corrected chi connectivity index (χ0v) is 13.4. The number of amides is 1. The van der Waals surface area contributed by atoms with Crippen molar-refractivity contribution in [2.75, 3.05) is 7.11 Å². The van der Waals surface area contributed by atoms with Crippen LogP contribution in [0, 0.1) is 0 Å². The molecule has 1 rings (SSSR count). The van der Waals surface area contributed by atoms with Crippen LogP contribution < -0.4 is 14.8 Å². The van der Waals surface area contributed by atoms with Crippen LogP contribution in [0.15, 0.2) is 18.2 Å². The van der Waals surface area contributed by atoms with Gasteiger partial charge in [-0.05, 0) is 44.9 Å². The van der Waals surface area contributed by atoms with Gasteiger partial charge in [-0.15, -0.1) is 0 Å². The van der Waals surface area contributed by atoms with E-state index in [0.29, 0.717) is 11.5 Å². The van der Waals surface area contributed by atoms with Crippen LogP contribution in [0.3, 0.4) is 0 Å². The monoisotopic (exact) mass is 295 g/mol. The van der Waals surface area contributed by atoms with Gasteiger partial charge in [-0.25, -0.2) is 0 Å². The molecule has 5 heteroatoms. The number of aliphatic hydroxyl groups excluding tert-OH is 1. The molecule has 1 aromatic carbocycles. The number of hydrogen-bond donors (Lipinski definition) is 2. The van der Waals surface area contributed by atoms with Gasteiger partial charge in [-0.1, -0.05) is 13.0 Å². The third-order valence-corrected chi connectivity index (χ3v) is 3.43. The molecule has 0 fully saturated rings. The fourth-order valence-corrected chi connectivity index (χ4v) is 1.68. The van der Waals surface area contributed by atoms with Gasteiger partial charge in [0.15, 0.2) is 17.6 Å². The number of aliphatic hydroxyl groups is 1. The Balaban J connectivity index is 2.78. The van der Waals surface area contributed by atoms with Crippen LogP contribution in [0.5, 0.6) is 11.5 Å². The molecule has 1 aromatic rings. The number of carbonyl (C=O) groups is 1. The van der Waals surface area contributed by atoms with Gasteiger partial charge in [0.2, 0.25) is 0 Å². The summed E-state index contributed by atoms with van der Waals surface area (Å²) in [6.07, 6.45) is 0.199. The maximum absolute atomic E-state index is 12.1. The number of ether oxygens (including phenoxy) is 2. The fourth-order valence-electron chi connectivity index (χ4n) is 1.68. The number of benzene rings is 1. The van der Waals surface area contributed by atoms with E-state index >= 15 is 0 Å². The largest absolute Gasteiger partial charge is 0.493 e. The maximum atomic E-state index is 12.1. The zero-order chi connectivity index (χ0) is 16.0. The van der Waals surface area contributed by atoms with E-state index in [1.54, 1.807) is 25.1 Å². The molecule has 0 aromatic heterocycles. The van der Waals surface area contributed by atoms with Crippen LogP contribution in [0.1, 0.15) is 39.7 Å². The summed E-state index contributed by atoms with van der Waals surface area (Å²) >= 11 is 0. The van der Waals surface area contributed by atoms with Gasteiger partial charge in [0, 0.05) is 5.54 Å². The lowest BCUT2D eigenvalue weighted by atomic mass is 10.0. The fraction of sp³-hybridized carbons (Fsp3) is 0.562. The van der Waals surface area contributed by atoms with Crippen molar-refractivity contribution in [3.63, 3.8) is 0 Å². The van der Waals surface area contributed by atoms with Crippen molar-refractivity contribution < 1.29 is 19.4 Å². The Morgan fingerprint density at radius 1 is 1.38 bits per heavy atom. The Morgan fingerprint density at radius 2 is 2.05 bits per heavy atom. The molecule has 1 amide bonds. The third-order valence-electron chi connectivity index (χ3n) is 3.43. The molecular formula is C16H25NO4. The highest BCUT2D eigenvalue weighted by molar-refractivity contribution is 5.81. The zero-order valence-electron chi connectivity index (χ0n) is 13.4. The van der Waals surface area contributed by atoms with Crippen molar-refractivity contribution in [3.05, 3.63) is 23.8 Å². The summed E-state index contributed by atoms with van der Waals surface area (Å²) in [5, 5.41) is 12.1. The van der Waals surface area contributed by atoms with Crippen molar-refractivity contribution in [3.8, 4) is 11.5 Å². The molecule has 0 saturated heterocycles. The van der Waals surface area contributed by atoms with E-state index in [1.165, 1.54) is 7.11 Å². The Labute approximate surface area is 126 Å². The second-order valence-corrected chi connectivity index (χ2v) is 5.63. The second-order valence-electron chi connectivity index (χ2n) is 5.63. The van der Waals surface area contributed by atoms with Crippen LogP contribution in [-0.4, -0.2) is 29.8 Å². The van der Waals surface area contributed by atoms with E-state index in [2.05, 4.69) is 5.32 Å². The Bertz CT molecular complexity index is 485.